The maximum atomic E-state index is 5.81. The molecule has 2 heterocycles. The predicted molar refractivity (Wildman–Crippen MR) is 60.7 cm³/mol. The van der Waals surface area contributed by atoms with Gasteiger partial charge in [-0.15, -0.1) is 0 Å². The van der Waals surface area contributed by atoms with Gasteiger partial charge < -0.3 is 9.73 Å². The van der Waals surface area contributed by atoms with Crippen molar-refractivity contribution < 1.29 is 4.42 Å². The third-order valence-corrected chi connectivity index (χ3v) is 2.99. The molecule has 0 aromatic carbocycles. The fourth-order valence-electron chi connectivity index (χ4n) is 2.17. The Labute approximate surface area is 91.4 Å². The van der Waals surface area contributed by atoms with Crippen LogP contribution >= 0.6 is 0 Å². The van der Waals surface area contributed by atoms with Crippen LogP contribution in [-0.4, -0.2) is 25.0 Å². The lowest BCUT2D eigenvalue weighted by atomic mass is 10.2. The highest BCUT2D eigenvalue weighted by Crippen LogP contribution is 2.18. The van der Waals surface area contributed by atoms with Crippen LogP contribution in [0.4, 0.5) is 0 Å². The van der Waals surface area contributed by atoms with Crippen LogP contribution in [0.2, 0.25) is 0 Å². The Balaban J connectivity index is 1.98. The summed E-state index contributed by atoms with van der Waals surface area (Å²) in [5, 5.41) is 3.12. The Bertz CT molecular complexity index is 313. The number of furan rings is 1. The van der Waals surface area contributed by atoms with Crippen molar-refractivity contribution in [2.24, 2.45) is 0 Å². The molecule has 1 aromatic rings. The van der Waals surface area contributed by atoms with E-state index in [0.717, 1.165) is 24.6 Å². The van der Waals surface area contributed by atoms with Gasteiger partial charge in [0.25, 0.3) is 0 Å². The van der Waals surface area contributed by atoms with Crippen molar-refractivity contribution in [3.8, 4) is 0 Å². The van der Waals surface area contributed by atoms with Crippen LogP contribution < -0.4 is 5.32 Å². The molecule has 0 unspecified atom stereocenters. The zero-order valence-electron chi connectivity index (χ0n) is 9.68. The molecule has 0 bridgehead atoms. The lowest BCUT2D eigenvalue weighted by Gasteiger charge is -2.11. The number of hydrogen-bond donors (Lipinski definition) is 1. The van der Waals surface area contributed by atoms with Gasteiger partial charge in [-0.1, -0.05) is 0 Å². The van der Waals surface area contributed by atoms with Gasteiger partial charge in [0.2, 0.25) is 0 Å². The Hall–Kier alpha value is -0.800. The highest BCUT2D eigenvalue weighted by molar-refractivity contribution is 5.20. The number of nitrogens with one attached hydrogen (secondary N) is 1. The Morgan fingerprint density at radius 1 is 1.40 bits per heavy atom. The number of likely N-dealkylation sites (tertiary alicyclic amines) is 1. The molecule has 1 fully saturated rings. The van der Waals surface area contributed by atoms with Gasteiger partial charge in [0, 0.05) is 0 Å². The van der Waals surface area contributed by atoms with Crippen molar-refractivity contribution in [2.45, 2.75) is 32.9 Å². The fourth-order valence-corrected chi connectivity index (χ4v) is 2.17. The highest BCUT2D eigenvalue weighted by atomic mass is 16.3. The van der Waals surface area contributed by atoms with Crippen LogP contribution in [0.1, 0.15) is 29.9 Å². The van der Waals surface area contributed by atoms with E-state index in [1.165, 1.54) is 31.5 Å². The van der Waals surface area contributed by atoms with Crippen LogP contribution in [0.15, 0.2) is 10.5 Å². The molecule has 15 heavy (non-hydrogen) atoms. The lowest BCUT2D eigenvalue weighted by molar-refractivity contribution is 0.292. The number of hydrogen-bond acceptors (Lipinski definition) is 3. The topological polar surface area (TPSA) is 28.4 Å². The largest absolute Gasteiger partial charge is 0.463 e. The molecule has 3 nitrogen and oxygen atoms in total. The molecule has 0 amide bonds. The van der Waals surface area contributed by atoms with E-state index in [-0.39, 0.29) is 0 Å². The van der Waals surface area contributed by atoms with E-state index in [1.54, 1.807) is 0 Å². The summed E-state index contributed by atoms with van der Waals surface area (Å²) < 4.78 is 5.81. The SMILES string of the molecule is CNCc1oc(CN2CCCC2)cc1C. The summed E-state index contributed by atoms with van der Waals surface area (Å²) in [7, 11) is 1.95. The highest BCUT2D eigenvalue weighted by Gasteiger charge is 2.14. The third-order valence-electron chi connectivity index (χ3n) is 2.99. The molecule has 1 aromatic heterocycles. The summed E-state index contributed by atoms with van der Waals surface area (Å²) in [5.41, 5.74) is 1.26. The van der Waals surface area contributed by atoms with Crippen LogP contribution in [0.25, 0.3) is 0 Å². The van der Waals surface area contributed by atoms with Gasteiger partial charge in [0.05, 0.1) is 13.1 Å². The fraction of sp³-hybridized carbons (Fsp3) is 0.667. The summed E-state index contributed by atoms with van der Waals surface area (Å²) in [6.45, 7) is 6.36. The molecule has 0 aliphatic carbocycles. The number of aryl methyl sites for hydroxylation is 1. The smallest absolute Gasteiger partial charge is 0.120 e. The van der Waals surface area contributed by atoms with Crippen LogP contribution in [0.5, 0.6) is 0 Å². The second-order valence-electron chi connectivity index (χ2n) is 4.33. The molecule has 0 saturated carbocycles. The Morgan fingerprint density at radius 2 is 2.13 bits per heavy atom. The second-order valence-corrected chi connectivity index (χ2v) is 4.33. The second kappa shape index (κ2) is 4.81. The van der Waals surface area contributed by atoms with E-state index in [4.69, 9.17) is 4.42 Å². The van der Waals surface area contributed by atoms with Gasteiger partial charge in [0.1, 0.15) is 11.5 Å². The summed E-state index contributed by atoms with van der Waals surface area (Å²) in [5.74, 6) is 2.19. The van der Waals surface area contributed by atoms with Crippen molar-refractivity contribution in [2.75, 3.05) is 20.1 Å². The van der Waals surface area contributed by atoms with Crippen molar-refractivity contribution in [3.05, 3.63) is 23.2 Å². The molecule has 1 N–H and O–H groups in total. The van der Waals surface area contributed by atoms with Gasteiger partial charge in [0.15, 0.2) is 0 Å². The number of nitrogens with zero attached hydrogens (tertiary/aromatic N) is 1. The van der Waals surface area contributed by atoms with Gasteiger partial charge in [-0.3, -0.25) is 4.90 Å². The van der Waals surface area contributed by atoms with Crippen LogP contribution in [-0.2, 0) is 13.1 Å². The molecule has 1 saturated heterocycles. The summed E-state index contributed by atoms with van der Waals surface area (Å²) >= 11 is 0. The third kappa shape index (κ3) is 2.61. The monoisotopic (exact) mass is 208 g/mol. The molecule has 84 valence electrons. The van der Waals surface area contributed by atoms with Crippen LogP contribution in [0.3, 0.4) is 0 Å². The average Bonchev–Trinajstić information content (AvgIpc) is 2.79. The van der Waals surface area contributed by atoms with E-state index in [9.17, 15) is 0 Å². The standard InChI is InChI=1S/C12H20N2O/c1-10-7-11(15-12(10)8-13-2)9-14-5-3-4-6-14/h7,13H,3-6,8-9H2,1-2H3. The minimum Gasteiger partial charge on any atom is -0.463 e. The normalized spacial score (nSPS) is 17.5. The molecule has 3 heteroatoms. The molecule has 1 aliphatic rings. The molecular weight excluding hydrogens is 188 g/mol. The molecule has 0 spiro atoms. The van der Waals surface area contributed by atoms with Crippen molar-refractivity contribution in [1.82, 2.24) is 10.2 Å². The molecule has 1 aliphatic heterocycles. The van der Waals surface area contributed by atoms with E-state index in [0.29, 0.717) is 0 Å². The Kier molecular flexibility index (Phi) is 3.44. The molecule has 0 radical (unpaired) electrons. The lowest BCUT2D eigenvalue weighted by Crippen LogP contribution is -2.17. The van der Waals surface area contributed by atoms with Gasteiger partial charge in [-0.25, -0.2) is 0 Å². The minimum absolute atomic E-state index is 0.825. The van der Waals surface area contributed by atoms with E-state index in [1.807, 2.05) is 7.05 Å². The molecule has 0 atom stereocenters. The molecular formula is C12H20N2O. The first-order valence-electron chi connectivity index (χ1n) is 5.74. The van der Waals surface area contributed by atoms with Crippen molar-refractivity contribution in [1.29, 1.82) is 0 Å². The summed E-state index contributed by atoms with van der Waals surface area (Å²) in [6.07, 6.45) is 2.67. The van der Waals surface area contributed by atoms with Crippen molar-refractivity contribution >= 4 is 0 Å². The maximum absolute atomic E-state index is 5.81. The van der Waals surface area contributed by atoms with Gasteiger partial charge in [-0.2, -0.15) is 0 Å². The average molecular weight is 208 g/mol. The van der Waals surface area contributed by atoms with E-state index < -0.39 is 0 Å². The van der Waals surface area contributed by atoms with Gasteiger partial charge in [-0.05, 0) is 51.5 Å². The van der Waals surface area contributed by atoms with Crippen molar-refractivity contribution in [3.63, 3.8) is 0 Å². The minimum atomic E-state index is 0.825. The van der Waals surface area contributed by atoms with E-state index >= 15 is 0 Å². The first kappa shape index (κ1) is 10.7. The summed E-state index contributed by atoms with van der Waals surface area (Å²) in [6, 6.07) is 2.17. The van der Waals surface area contributed by atoms with Crippen LogP contribution in [0, 0.1) is 6.92 Å². The maximum Gasteiger partial charge on any atom is 0.120 e. The first-order valence-corrected chi connectivity index (χ1v) is 5.74. The zero-order valence-corrected chi connectivity index (χ0v) is 9.68. The Morgan fingerprint density at radius 3 is 2.80 bits per heavy atom. The molecule has 2 rings (SSSR count). The zero-order chi connectivity index (χ0) is 10.7. The van der Waals surface area contributed by atoms with E-state index in [2.05, 4.69) is 23.2 Å². The first-order chi connectivity index (χ1) is 7.29. The number of rotatable bonds is 4. The van der Waals surface area contributed by atoms with Gasteiger partial charge >= 0.3 is 0 Å². The quantitative estimate of drug-likeness (QED) is 0.819. The summed E-state index contributed by atoms with van der Waals surface area (Å²) in [4.78, 5) is 2.46. The predicted octanol–water partition coefficient (Wildman–Crippen LogP) is 1.90.